The van der Waals surface area contributed by atoms with Crippen molar-refractivity contribution in [2.24, 2.45) is 0 Å². The highest BCUT2D eigenvalue weighted by Gasteiger charge is 1.87. The first-order valence-corrected chi connectivity index (χ1v) is 3.61. The zero-order valence-corrected chi connectivity index (χ0v) is 6.42. The Morgan fingerprint density at radius 1 is 1.27 bits per heavy atom. The summed E-state index contributed by atoms with van der Waals surface area (Å²) in [6.45, 7) is 4.15. The lowest BCUT2D eigenvalue weighted by atomic mass is 10.3. The largest absolute Gasteiger partial charge is 0.493 e. The average Bonchev–Trinajstić information content (AvgIpc) is 2.07. The summed E-state index contributed by atoms with van der Waals surface area (Å²) in [6, 6.07) is 9.73. The number of ether oxygens (including phenoxy) is 1. The summed E-state index contributed by atoms with van der Waals surface area (Å²) >= 11 is 0. The highest BCUT2D eigenvalue weighted by molar-refractivity contribution is 5.20. The van der Waals surface area contributed by atoms with Gasteiger partial charge >= 0.3 is 0 Å². The predicted molar refractivity (Wildman–Crippen MR) is 45.4 cm³/mol. The third-order valence-corrected chi connectivity index (χ3v) is 1.29. The first-order chi connectivity index (χ1) is 5.43. The Morgan fingerprint density at radius 2 is 2.00 bits per heavy atom. The van der Waals surface area contributed by atoms with E-state index in [0.717, 1.165) is 12.2 Å². The van der Waals surface area contributed by atoms with Crippen molar-refractivity contribution in [3.8, 4) is 5.75 Å². The van der Waals surface area contributed by atoms with Gasteiger partial charge in [-0.25, -0.2) is 0 Å². The van der Waals surface area contributed by atoms with Gasteiger partial charge in [-0.05, 0) is 18.2 Å². The number of para-hydroxylation sites is 1. The van der Waals surface area contributed by atoms with Gasteiger partial charge in [0.05, 0.1) is 6.61 Å². The molecule has 1 heteroatoms. The molecule has 1 aromatic carbocycles. The Kier molecular flexibility index (Phi) is 3.26. The molecule has 0 aromatic heterocycles. The van der Waals surface area contributed by atoms with Crippen LogP contribution < -0.4 is 4.74 Å². The molecule has 1 radical (unpaired) electrons. The van der Waals surface area contributed by atoms with E-state index >= 15 is 0 Å². The summed E-state index contributed by atoms with van der Waals surface area (Å²) in [5.74, 6) is 0.905. The third-order valence-electron chi connectivity index (χ3n) is 1.29. The Bertz CT molecular complexity index is 203. The maximum Gasteiger partial charge on any atom is 0.119 e. The van der Waals surface area contributed by atoms with E-state index < -0.39 is 0 Å². The molecule has 0 aliphatic rings. The van der Waals surface area contributed by atoms with Crippen molar-refractivity contribution in [2.75, 3.05) is 6.61 Å². The first-order valence-electron chi connectivity index (χ1n) is 3.61. The minimum atomic E-state index is 0.660. The average molecular weight is 147 g/mol. The summed E-state index contributed by atoms with van der Waals surface area (Å²) < 4.78 is 5.34. The minimum Gasteiger partial charge on any atom is -0.493 e. The molecule has 0 bridgehead atoms. The van der Waals surface area contributed by atoms with E-state index in [1.54, 1.807) is 0 Å². The van der Waals surface area contributed by atoms with Gasteiger partial charge in [0.25, 0.3) is 0 Å². The van der Waals surface area contributed by atoms with Gasteiger partial charge < -0.3 is 4.74 Å². The molecule has 0 aliphatic carbocycles. The standard InChI is InChI=1S/C10H11O/c1-2-3-9-11-10-7-5-4-6-8-10/h4-8H,1,3,9H2. The Labute approximate surface area is 67.3 Å². The second-order valence-corrected chi connectivity index (χ2v) is 2.16. The van der Waals surface area contributed by atoms with Gasteiger partial charge in [-0.3, -0.25) is 0 Å². The maximum atomic E-state index is 5.34. The molecule has 0 aliphatic heterocycles. The van der Waals surface area contributed by atoms with Crippen LogP contribution in [-0.4, -0.2) is 6.61 Å². The lowest BCUT2D eigenvalue weighted by Crippen LogP contribution is -1.94. The second kappa shape index (κ2) is 4.56. The van der Waals surface area contributed by atoms with Crippen LogP contribution in [0.1, 0.15) is 6.42 Å². The van der Waals surface area contributed by atoms with Crippen molar-refractivity contribution in [2.45, 2.75) is 6.42 Å². The number of benzene rings is 1. The number of hydrogen-bond donors (Lipinski definition) is 0. The molecule has 0 saturated carbocycles. The van der Waals surface area contributed by atoms with Gasteiger partial charge in [-0.2, -0.15) is 0 Å². The number of hydrogen-bond acceptors (Lipinski definition) is 1. The van der Waals surface area contributed by atoms with Crippen molar-refractivity contribution in [3.05, 3.63) is 43.0 Å². The van der Waals surface area contributed by atoms with E-state index in [9.17, 15) is 0 Å². The van der Waals surface area contributed by atoms with E-state index in [1.165, 1.54) is 0 Å². The molecule has 1 nitrogen and oxygen atoms in total. The zero-order chi connectivity index (χ0) is 7.94. The molecule has 0 unspecified atom stereocenters. The summed E-state index contributed by atoms with van der Waals surface area (Å²) in [7, 11) is 0. The van der Waals surface area contributed by atoms with E-state index in [0.29, 0.717) is 6.61 Å². The molecular weight excluding hydrogens is 136 g/mol. The molecule has 1 rings (SSSR count). The van der Waals surface area contributed by atoms with Crippen LogP contribution in [0.3, 0.4) is 0 Å². The van der Waals surface area contributed by atoms with Gasteiger partial charge in [-0.1, -0.05) is 24.8 Å². The van der Waals surface area contributed by atoms with Gasteiger partial charge in [0.15, 0.2) is 0 Å². The normalized spacial score (nSPS) is 9.09. The summed E-state index contributed by atoms with van der Waals surface area (Å²) in [5, 5.41) is 0. The van der Waals surface area contributed by atoms with Crippen LogP contribution >= 0.6 is 0 Å². The molecule has 0 spiro atoms. The molecule has 57 valence electrons. The second-order valence-electron chi connectivity index (χ2n) is 2.16. The van der Waals surface area contributed by atoms with Crippen LogP contribution in [0.2, 0.25) is 0 Å². The van der Waals surface area contributed by atoms with Gasteiger partial charge in [0.1, 0.15) is 5.75 Å². The Balaban J connectivity index is 2.33. The van der Waals surface area contributed by atoms with Crippen molar-refractivity contribution >= 4 is 0 Å². The third kappa shape index (κ3) is 2.89. The maximum absolute atomic E-state index is 5.34. The van der Waals surface area contributed by atoms with E-state index in [-0.39, 0.29) is 0 Å². The summed E-state index contributed by atoms with van der Waals surface area (Å²) in [4.78, 5) is 0. The molecule has 0 fully saturated rings. The number of rotatable bonds is 4. The van der Waals surface area contributed by atoms with E-state index in [1.807, 2.05) is 30.3 Å². The molecule has 11 heavy (non-hydrogen) atoms. The van der Waals surface area contributed by atoms with Gasteiger partial charge in [0.2, 0.25) is 0 Å². The highest BCUT2D eigenvalue weighted by Crippen LogP contribution is 2.07. The van der Waals surface area contributed by atoms with Gasteiger partial charge in [-0.15, -0.1) is 0 Å². The van der Waals surface area contributed by atoms with Crippen molar-refractivity contribution < 1.29 is 4.74 Å². The Hall–Kier alpha value is -1.24. The molecule has 1 aromatic rings. The van der Waals surface area contributed by atoms with Crippen LogP contribution in [0.25, 0.3) is 0 Å². The molecule has 0 heterocycles. The molecule has 0 saturated heterocycles. The molecule has 0 atom stereocenters. The van der Waals surface area contributed by atoms with Crippen LogP contribution in [-0.2, 0) is 0 Å². The Morgan fingerprint density at radius 3 is 2.64 bits per heavy atom. The molecule has 0 amide bonds. The topological polar surface area (TPSA) is 9.23 Å². The highest BCUT2D eigenvalue weighted by atomic mass is 16.5. The first kappa shape index (κ1) is 7.86. The summed E-state index contributed by atoms with van der Waals surface area (Å²) in [6.07, 6.45) is 3.54. The fraction of sp³-hybridized carbons (Fsp3) is 0.200. The predicted octanol–water partition coefficient (Wildman–Crippen LogP) is 2.44. The monoisotopic (exact) mass is 147 g/mol. The van der Waals surface area contributed by atoms with E-state index in [2.05, 4.69) is 12.7 Å². The van der Waals surface area contributed by atoms with Crippen LogP contribution in [0.4, 0.5) is 0 Å². The fourth-order valence-electron chi connectivity index (χ4n) is 0.758. The minimum absolute atomic E-state index is 0.660. The SMILES string of the molecule is C=[C]CCOc1ccccc1. The molecular formula is C10H11O. The smallest absolute Gasteiger partial charge is 0.119 e. The molecule has 0 N–H and O–H groups in total. The van der Waals surface area contributed by atoms with Gasteiger partial charge in [0, 0.05) is 6.42 Å². The quantitative estimate of drug-likeness (QED) is 0.594. The van der Waals surface area contributed by atoms with Crippen LogP contribution in [0.5, 0.6) is 5.75 Å². The summed E-state index contributed by atoms with van der Waals surface area (Å²) in [5.41, 5.74) is 0. The van der Waals surface area contributed by atoms with Crippen molar-refractivity contribution in [1.82, 2.24) is 0 Å². The lowest BCUT2D eigenvalue weighted by Gasteiger charge is -2.01. The van der Waals surface area contributed by atoms with Crippen LogP contribution in [0, 0.1) is 6.08 Å². The fourth-order valence-corrected chi connectivity index (χ4v) is 0.758. The lowest BCUT2D eigenvalue weighted by molar-refractivity contribution is 0.323. The van der Waals surface area contributed by atoms with Crippen molar-refractivity contribution in [1.29, 1.82) is 0 Å². The van der Waals surface area contributed by atoms with Crippen molar-refractivity contribution in [3.63, 3.8) is 0 Å². The van der Waals surface area contributed by atoms with Crippen LogP contribution in [0.15, 0.2) is 36.9 Å². The zero-order valence-electron chi connectivity index (χ0n) is 6.42. The van der Waals surface area contributed by atoms with E-state index in [4.69, 9.17) is 4.74 Å².